The molecular weight excluding hydrogens is 160 g/mol. The number of rotatable bonds is 3. The first-order chi connectivity index (χ1) is 6.20. The number of anilines is 1. The first-order valence-corrected chi connectivity index (χ1v) is 4.47. The number of hydrogen-bond acceptors (Lipinski definition) is 2. The molecule has 0 aliphatic heterocycles. The summed E-state index contributed by atoms with van der Waals surface area (Å²) >= 11 is 0. The molecule has 1 aromatic rings. The van der Waals surface area contributed by atoms with Crippen molar-refractivity contribution in [3.63, 3.8) is 0 Å². The van der Waals surface area contributed by atoms with Crippen LogP contribution >= 0.6 is 0 Å². The Hall–Kier alpha value is -1.44. The predicted octanol–water partition coefficient (Wildman–Crippen LogP) is 2.55. The molecule has 0 saturated carbocycles. The van der Waals surface area contributed by atoms with Crippen LogP contribution in [-0.2, 0) is 0 Å². The largest absolute Gasteiger partial charge is 0.401 e. The van der Waals surface area contributed by atoms with Gasteiger partial charge in [0.25, 0.3) is 0 Å². The normalized spacial score (nSPS) is 11.8. The van der Waals surface area contributed by atoms with Gasteiger partial charge in [0, 0.05) is 17.6 Å². The van der Waals surface area contributed by atoms with Gasteiger partial charge in [-0.05, 0) is 18.1 Å². The Morgan fingerprint density at radius 2 is 1.92 bits per heavy atom. The molecule has 0 radical (unpaired) electrons. The van der Waals surface area contributed by atoms with Gasteiger partial charge in [0.15, 0.2) is 0 Å². The number of nitrogens with one attached hydrogen (secondary N) is 1. The van der Waals surface area contributed by atoms with E-state index in [0.717, 1.165) is 11.4 Å². The zero-order chi connectivity index (χ0) is 9.68. The molecule has 0 aliphatic rings. The third-order valence-corrected chi connectivity index (χ3v) is 1.85. The van der Waals surface area contributed by atoms with Crippen molar-refractivity contribution in [1.29, 1.82) is 0 Å². The van der Waals surface area contributed by atoms with E-state index in [0.29, 0.717) is 5.92 Å². The summed E-state index contributed by atoms with van der Waals surface area (Å²) in [5, 5.41) is 3.14. The molecule has 1 aromatic carbocycles. The average Bonchev–Trinajstić information content (AvgIpc) is 2.15. The lowest BCUT2D eigenvalue weighted by molar-refractivity contribution is 0.755. The molecule has 2 nitrogen and oxygen atoms in total. The summed E-state index contributed by atoms with van der Waals surface area (Å²) in [6.07, 6.45) is 1.85. The predicted molar refractivity (Wildman–Crippen MR) is 57.2 cm³/mol. The standard InChI is InChI=1S/C11H16N2/c1-9(2)11(12)8-13-10-6-4-3-5-7-10/h3-9,13H,12H2,1-2H3/b11-8-. The van der Waals surface area contributed by atoms with Crippen molar-refractivity contribution in [2.75, 3.05) is 5.32 Å². The van der Waals surface area contributed by atoms with Crippen molar-refractivity contribution in [2.45, 2.75) is 13.8 Å². The van der Waals surface area contributed by atoms with E-state index in [2.05, 4.69) is 19.2 Å². The number of allylic oxidation sites excluding steroid dienone is 1. The van der Waals surface area contributed by atoms with Gasteiger partial charge in [0.2, 0.25) is 0 Å². The molecule has 0 aromatic heterocycles. The van der Waals surface area contributed by atoms with Crippen LogP contribution in [0.25, 0.3) is 0 Å². The summed E-state index contributed by atoms with van der Waals surface area (Å²) in [7, 11) is 0. The molecule has 2 heteroatoms. The summed E-state index contributed by atoms with van der Waals surface area (Å²) in [6.45, 7) is 4.14. The van der Waals surface area contributed by atoms with Crippen LogP contribution in [0.4, 0.5) is 5.69 Å². The smallest absolute Gasteiger partial charge is 0.0380 e. The van der Waals surface area contributed by atoms with Crippen LogP contribution in [-0.4, -0.2) is 0 Å². The summed E-state index contributed by atoms with van der Waals surface area (Å²) < 4.78 is 0. The second-order valence-electron chi connectivity index (χ2n) is 3.31. The minimum absolute atomic E-state index is 0.385. The second kappa shape index (κ2) is 4.55. The van der Waals surface area contributed by atoms with Crippen molar-refractivity contribution >= 4 is 5.69 Å². The molecule has 0 heterocycles. The Morgan fingerprint density at radius 3 is 2.46 bits per heavy atom. The van der Waals surface area contributed by atoms with E-state index in [1.165, 1.54) is 0 Å². The molecule has 0 unspecified atom stereocenters. The topological polar surface area (TPSA) is 38.0 Å². The van der Waals surface area contributed by atoms with Crippen LogP contribution in [0.2, 0.25) is 0 Å². The van der Waals surface area contributed by atoms with Gasteiger partial charge in [0.1, 0.15) is 0 Å². The van der Waals surface area contributed by atoms with E-state index in [-0.39, 0.29) is 0 Å². The average molecular weight is 176 g/mol. The highest BCUT2D eigenvalue weighted by molar-refractivity contribution is 5.45. The van der Waals surface area contributed by atoms with Gasteiger partial charge in [-0.3, -0.25) is 0 Å². The highest BCUT2D eigenvalue weighted by atomic mass is 14.9. The first-order valence-electron chi connectivity index (χ1n) is 4.47. The van der Waals surface area contributed by atoms with Gasteiger partial charge in [-0.25, -0.2) is 0 Å². The highest BCUT2D eigenvalue weighted by Crippen LogP contribution is 2.07. The fourth-order valence-corrected chi connectivity index (χ4v) is 0.868. The van der Waals surface area contributed by atoms with Crippen molar-refractivity contribution in [3.8, 4) is 0 Å². The van der Waals surface area contributed by atoms with Crippen LogP contribution in [0.15, 0.2) is 42.2 Å². The molecule has 0 fully saturated rings. The van der Waals surface area contributed by atoms with Gasteiger partial charge >= 0.3 is 0 Å². The number of benzene rings is 1. The van der Waals surface area contributed by atoms with Crippen LogP contribution in [0.3, 0.4) is 0 Å². The Kier molecular flexibility index (Phi) is 3.38. The van der Waals surface area contributed by atoms with Crippen LogP contribution in [0.1, 0.15) is 13.8 Å². The minimum Gasteiger partial charge on any atom is -0.401 e. The fourth-order valence-electron chi connectivity index (χ4n) is 0.868. The number of para-hydroxylation sites is 1. The quantitative estimate of drug-likeness (QED) is 0.742. The van der Waals surface area contributed by atoms with Gasteiger partial charge in [0.05, 0.1) is 0 Å². The summed E-state index contributed by atoms with van der Waals surface area (Å²) in [4.78, 5) is 0. The van der Waals surface area contributed by atoms with E-state index in [9.17, 15) is 0 Å². The third kappa shape index (κ3) is 3.20. The number of nitrogens with two attached hydrogens (primary N) is 1. The van der Waals surface area contributed by atoms with E-state index in [1.807, 2.05) is 36.5 Å². The van der Waals surface area contributed by atoms with E-state index < -0.39 is 0 Å². The van der Waals surface area contributed by atoms with E-state index >= 15 is 0 Å². The maximum atomic E-state index is 5.76. The van der Waals surface area contributed by atoms with Gasteiger partial charge in [-0.15, -0.1) is 0 Å². The Labute approximate surface area is 79.5 Å². The van der Waals surface area contributed by atoms with Crippen molar-refractivity contribution in [2.24, 2.45) is 11.7 Å². The molecule has 3 N–H and O–H groups in total. The SMILES string of the molecule is CC(C)/C(N)=C/Nc1ccccc1. The van der Waals surface area contributed by atoms with Crippen LogP contribution in [0.5, 0.6) is 0 Å². The van der Waals surface area contributed by atoms with Crippen molar-refractivity contribution in [1.82, 2.24) is 0 Å². The molecule has 0 atom stereocenters. The first kappa shape index (κ1) is 9.65. The summed E-state index contributed by atoms with van der Waals surface area (Å²) in [5.74, 6) is 0.385. The molecule has 13 heavy (non-hydrogen) atoms. The third-order valence-electron chi connectivity index (χ3n) is 1.85. The lowest BCUT2D eigenvalue weighted by atomic mass is 10.1. The number of hydrogen-bond donors (Lipinski definition) is 2. The lowest BCUT2D eigenvalue weighted by Crippen LogP contribution is -2.07. The summed E-state index contributed by atoms with van der Waals surface area (Å²) in [6, 6.07) is 9.97. The molecule has 0 bridgehead atoms. The Bertz CT molecular complexity index is 275. The van der Waals surface area contributed by atoms with Crippen molar-refractivity contribution < 1.29 is 0 Å². The van der Waals surface area contributed by atoms with Crippen LogP contribution in [0, 0.1) is 5.92 Å². The fraction of sp³-hybridized carbons (Fsp3) is 0.273. The molecule has 0 saturated heterocycles. The second-order valence-corrected chi connectivity index (χ2v) is 3.31. The van der Waals surface area contributed by atoms with E-state index in [4.69, 9.17) is 5.73 Å². The molecule has 0 amide bonds. The Balaban J connectivity index is 2.57. The van der Waals surface area contributed by atoms with E-state index in [1.54, 1.807) is 0 Å². The van der Waals surface area contributed by atoms with Gasteiger partial charge in [-0.1, -0.05) is 32.0 Å². The van der Waals surface area contributed by atoms with Crippen molar-refractivity contribution in [3.05, 3.63) is 42.2 Å². The maximum Gasteiger partial charge on any atom is 0.0380 e. The Morgan fingerprint density at radius 1 is 1.31 bits per heavy atom. The monoisotopic (exact) mass is 176 g/mol. The molecule has 0 aliphatic carbocycles. The maximum absolute atomic E-state index is 5.76. The molecule has 0 spiro atoms. The molecular formula is C11H16N2. The van der Waals surface area contributed by atoms with Crippen LogP contribution < -0.4 is 11.1 Å². The zero-order valence-electron chi connectivity index (χ0n) is 8.12. The minimum atomic E-state index is 0.385. The molecule has 70 valence electrons. The highest BCUT2D eigenvalue weighted by Gasteiger charge is 1.95. The lowest BCUT2D eigenvalue weighted by Gasteiger charge is -2.06. The molecule has 1 rings (SSSR count). The summed E-state index contributed by atoms with van der Waals surface area (Å²) in [5.41, 5.74) is 7.69. The van der Waals surface area contributed by atoms with Gasteiger partial charge in [-0.2, -0.15) is 0 Å². The van der Waals surface area contributed by atoms with Gasteiger partial charge < -0.3 is 11.1 Å². The zero-order valence-corrected chi connectivity index (χ0v) is 8.12.